The largest absolute Gasteiger partial charge is 0.330 e. The van der Waals surface area contributed by atoms with Crippen LogP contribution in [0.4, 0.5) is 0 Å². The van der Waals surface area contributed by atoms with Gasteiger partial charge in [0.1, 0.15) is 0 Å². The fourth-order valence-corrected chi connectivity index (χ4v) is 2.78. The van der Waals surface area contributed by atoms with E-state index in [0.29, 0.717) is 5.41 Å². The highest BCUT2D eigenvalue weighted by atomic mass is 32.1. The Bertz CT molecular complexity index is 303. The van der Waals surface area contributed by atoms with E-state index in [1.54, 1.807) is 11.3 Å². The average molecular weight is 269 g/mol. The molecule has 0 aliphatic heterocycles. The molecule has 1 aromatic heterocycles. The SMILES string of the molecule is CC(C)(C)C(CCN)CCCNCc1cscn1. The zero-order chi connectivity index (χ0) is 13.4. The van der Waals surface area contributed by atoms with Gasteiger partial charge in [-0.15, -0.1) is 11.3 Å². The second-order valence-corrected chi connectivity index (χ2v) is 6.66. The van der Waals surface area contributed by atoms with Gasteiger partial charge >= 0.3 is 0 Å². The van der Waals surface area contributed by atoms with E-state index in [4.69, 9.17) is 5.73 Å². The molecule has 0 aliphatic rings. The Hall–Kier alpha value is -0.450. The smallest absolute Gasteiger partial charge is 0.0795 e. The molecule has 0 radical (unpaired) electrons. The predicted molar refractivity (Wildman–Crippen MR) is 79.7 cm³/mol. The quantitative estimate of drug-likeness (QED) is 0.713. The van der Waals surface area contributed by atoms with Crippen LogP contribution in [0.1, 0.15) is 45.7 Å². The standard InChI is InChI=1S/C14H27N3S/c1-14(2,3)12(6-7-15)5-4-8-16-9-13-10-18-11-17-13/h10-12,16H,4-9,15H2,1-3H3. The van der Waals surface area contributed by atoms with Crippen LogP contribution in [0, 0.1) is 11.3 Å². The van der Waals surface area contributed by atoms with E-state index in [9.17, 15) is 0 Å². The summed E-state index contributed by atoms with van der Waals surface area (Å²) in [5, 5.41) is 5.55. The van der Waals surface area contributed by atoms with Gasteiger partial charge in [-0.3, -0.25) is 0 Å². The van der Waals surface area contributed by atoms with Crippen LogP contribution in [0.3, 0.4) is 0 Å². The maximum atomic E-state index is 5.70. The second kappa shape index (κ2) is 7.87. The number of nitrogens with two attached hydrogens (primary N) is 1. The van der Waals surface area contributed by atoms with Crippen molar-refractivity contribution in [1.82, 2.24) is 10.3 Å². The lowest BCUT2D eigenvalue weighted by Gasteiger charge is -2.30. The minimum atomic E-state index is 0.369. The molecule has 0 bridgehead atoms. The first kappa shape index (κ1) is 15.6. The van der Waals surface area contributed by atoms with Crippen LogP contribution in [0.2, 0.25) is 0 Å². The van der Waals surface area contributed by atoms with Gasteiger partial charge in [0.15, 0.2) is 0 Å². The summed E-state index contributed by atoms with van der Waals surface area (Å²) in [6, 6.07) is 0. The summed E-state index contributed by atoms with van der Waals surface area (Å²) in [4.78, 5) is 4.26. The number of hydrogen-bond acceptors (Lipinski definition) is 4. The first-order chi connectivity index (χ1) is 8.54. The summed E-state index contributed by atoms with van der Waals surface area (Å²) in [5.41, 5.74) is 9.10. The van der Waals surface area contributed by atoms with Crippen molar-refractivity contribution in [1.29, 1.82) is 0 Å². The van der Waals surface area contributed by atoms with Crippen molar-refractivity contribution in [2.24, 2.45) is 17.1 Å². The van der Waals surface area contributed by atoms with Crippen LogP contribution >= 0.6 is 11.3 Å². The number of thiazole rings is 1. The maximum absolute atomic E-state index is 5.70. The third-order valence-electron chi connectivity index (χ3n) is 3.44. The molecule has 1 aromatic rings. The van der Waals surface area contributed by atoms with Crippen molar-refractivity contribution in [3.8, 4) is 0 Å². The molecular weight excluding hydrogens is 242 g/mol. The van der Waals surface area contributed by atoms with Gasteiger partial charge in [-0.25, -0.2) is 4.98 Å². The molecule has 1 atom stereocenters. The summed E-state index contributed by atoms with van der Waals surface area (Å²) in [6.45, 7) is 9.70. The molecule has 0 saturated carbocycles. The molecule has 0 saturated heterocycles. The lowest BCUT2D eigenvalue weighted by molar-refractivity contribution is 0.210. The van der Waals surface area contributed by atoms with E-state index in [1.807, 2.05) is 5.51 Å². The molecule has 0 fully saturated rings. The fourth-order valence-electron chi connectivity index (χ4n) is 2.23. The lowest BCUT2D eigenvalue weighted by atomic mass is 9.76. The minimum Gasteiger partial charge on any atom is -0.330 e. The van der Waals surface area contributed by atoms with E-state index in [2.05, 4.69) is 36.5 Å². The fraction of sp³-hybridized carbons (Fsp3) is 0.786. The van der Waals surface area contributed by atoms with Crippen molar-refractivity contribution in [2.45, 2.75) is 46.6 Å². The van der Waals surface area contributed by atoms with Crippen molar-refractivity contribution >= 4 is 11.3 Å². The van der Waals surface area contributed by atoms with Crippen LogP contribution in [-0.4, -0.2) is 18.1 Å². The highest BCUT2D eigenvalue weighted by Crippen LogP contribution is 2.31. The molecule has 4 heteroatoms. The van der Waals surface area contributed by atoms with Gasteiger partial charge in [0.25, 0.3) is 0 Å². The maximum Gasteiger partial charge on any atom is 0.0795 e. The molecule has 3 nitrogen and oxygen atoms in total. The lowest BCUT2D eigenvalue weighted by Crippen LogP contribution is -2.25. The molecule has 3 N–H and O–H groups in total. The monoisotopic (exact) mass is 269 g/mol. The van der Waals surface area contributed by atoms with E-state index in [-0.39, 0.29) is 0 Å². The van der Waals surface area contributed by atoms with Crippen molar-refractivity contribution in [2.75, 3.05) is 13.1 Å². The predicted octanol–water partition coefficient (Wildman–Crippen LogP) is 3.02. The summed E-state index contributed by atoms with van der Waals surface area (Å²) < 4.78 is 0. The molecule has 104 valence electrons. The van der Waals surface area contributed by atoms with Gasteiger partial charge in [-0.05, 0) is 43.7 Å². The molecule has 1 rings (SSSR count). The Morgan fingerprint density at radius 1 is 1.39 bits per heavy atom. The highest BCUT2D eigenvalue weighted by Gasteiger charge is 2.22. The van der Waals surface area contributed by atoms with E-state index in [1.165, 1.54) is 12.8 Å². The Kier molecular flexibility index (Phi) is 6.82. The third kappa shape index (κ3) is 5.94. The van der Waals surface area contributed by atoms with Gasteiger partial charge in [-0.1, -0.05) is 20.8 Å². The van der Waals surface area contributed by atoms with Crippen molar-refractivity contribution in [3.05, 3.63) is 16.6 Å². The second-order valence-electron chi connectivity index (χ2n) is 5.94. The summed E-state index contributed by atoms with van der Waals surface area (Å²) in [5.74, 6) is 0.726. The molecule has 18 heavy (non-hydrogen) atoms. The molecular formula is C14H27N3S. The van der Waals surface area contributed by atoms with Crippen molar-refractivity contribution in [3.63, 3.8) is 0 Å². The molecule has 1 unspecified atom stereocenters. The molecule has 0 aromatic carbocycles. The van der Waals surface area contributed by atoms with Gasteiger partial charge in [0.2, 0.25) is 0 Å². The summed E-state index contributed by atoms with van der Waals surface area (Å²) in [7, 11) is 0. The Morgan fingerprint density at radius 2 is 2.17 bits per heavy atom. The zero-order valence-corrected chi connectivity index (χ0v) is 12.7. The van der Waals surface area contributed by atoms with Crippen LogP contribution in [0.15, 0.2) is 10.9 Å². The Balaban J connectivity index is 2.15. The molecule has 1 heterocycles. The molecule has 0 aliphatic carbocycles. The first-order valence-electron chi connectivity index (χ1n) is 6.82. The van der Waals surface area contributed by atoms with Gasteiger partial charge in [0, 0.05) is 11.9 Å². The normalized spacial score (nSPS) is 13.8. The first-order valence-corrected chi connectivity index (χ1v) is 7.76. The topological polar surface area (TPSA) is 50.9 Å². The minimum absolute atomic E-state index is 0.369. The summed E-state index contributed by atoms with van der Waals surface area (Å²) >= 11 is 1.65. The van der Waals surface area contributed by atoms with E-state index >= 15 is 0 Å². The number of nitrogens with one attached hydrogen (secondary N) is 1. The number of hydrogen-bond donors (Lipinski definition) is 2. The number of rotatable bonds is 8. The molecule has 0 spiro atoms. The molecule has 0 amide bonds. The average Bonchev–Trinajstić information content (AvgIpc) is 2.78. The van der Waals surface area contributed by atoms with Crippen LogP contribution in [0.25, 0.3) is 0 Å². The van der Waals surface area contributed by atoms with Crippen LogP contribution in [-0.2, 0) is 6.54 Å². The van der Waals surface area contributed by atoms with E-state index in [0.717, 1.165) is 37.7 Å². The van der Waals surface area contributed by atoms with Gasteiger partial charge in [-0.2, -0.15) is 0 Å². The van der Waals surface area contributed by atoms with E-state index < -0.39 is 0 Å². The Labute approximate surface area is 115 Å². The Morgan fingerprint density at radius 3 is 2.72 bits per heavy atom. The van der Waals surface area contributed by atoms with Crippen LogP contribution < -0.4 is 11.1 Å². The van der Waals surface area contributed by atoms with Gasteiger partial charge < -0.3 is 11.1 Å². The summed E-state index contributed by atoms with van der Waals surface area (Å²) in [6.07, 6.45) is 3.60. The zero-order valence-electron chi connectivity index (χ0n) is 11.9. The highest BCUT2D eigenvalue weighted by molar-refractivity contribution is 7.07. The number of aromatic nitrogens is 1. The van der Waals surface area contributed by atoms with Crippen molar-refractivity contribution < 1.29 is 0 Å². The number of nitrogens with zero attached hydrogens (tertiary/aromatic N) is 1. The van der Waals surface area contributed by atoms with Crippen LogP contribution in [0.5, 0.6) is 0 Å². The third-order valence-corrected chi connectivity index (χ3v) is 4.07. The van der Waals surface area contributed by atoms with Gasteiger partial charge in [0.05, 0.1) is 11.2 Å².